The molecular formula is C18H20OP-. The molecule has 0 spiro atoms. The van der Waals surface area contributed by atoms with Crippen molar-refractivity contribution in [3.8, 4) is 0 Å². The third kappa shape index (κ3) is 3.71. The van der Waals surface area contributed by atoms with Crippen LogP contribution >= 0.6 is 7.92 Å². The Morgan fingerprint density at radius 1 is 0.850 bits per heavy atom. The molecule has 2 heteroatoms. The molecule has 2 aromatic carbocycles. The summed E-state index contributed by atoms with van der Waals surface area (Å²) >= 11 is 0. The van der Waals surface area contributed by atoms with E-state index in [9.17, 15) is 5.11 Å². The smallest absolute Gasteiger partial charge is 0.0157 e. The molecule has 1 nitrogen and oxygen atoms in total. The van der Waals surface area contributed by atoms with Gasteiger partial charge in [-0.3, -0.25) is 0 Å². The summed E-state index contributed by atoms with van der Waals surface area (Å²) in [4.78, 5) is 0. The lowest BCUT2D eigenvalue weighted by molar-refractivity contribution is -0.322. The minimum atomic E-state index is -0.729. The van der Waals surface area contributed by atoms with Crippen LogP contribution in [0.1, 0.15) is 20.8 Å². The quantitative estimate of drug-likeness (QED) is 0.625. The van der Waals surface area contributed by atoms with E-state index in [-0.39, 0.29) is 11.2 Å². The molecule has 0 N–H and O–H groups in total. The zero-order valence-electron chi connectivity index (χ0n) is 12.2. The molecule has 0 aliphatic heterocycles. The second-order valence-electron chi connectivity index (χ2n) is 5.78. The second-order valence-corrected chi connectivity index (χ2v) is 7.82. The first-order chi connectivity index (χ1) is 9.48. The molecule has 0 amide bonds. The molecule has 0 aromatic heterocycles. The van der Waals surface area contributed by atoms with Crippen molar-refractivity contribution in [2.75, 3.05) is 0 Å². The monoisotopic (exact) mass is 283 g/mol. The Kier molecular flexibility index (Phi) is 4.62. The van der Waals surface area contributed by atoms with Crippen molar-refractivity contribution in [1.29, 1.82) is 0 Å². The lowest BCUT2D eigenvalue weighted by Crippen LogP contribution is -2.22. The van der Waals surface area contributed by atoms with E-state index in [2.05, 4.69) is 24.3 Å². The van der Waals surface area contributed by atoms with Gasteiger partial charge < -0.3 is 5.11 Å². The Balaban J connectivity index is 2.46. The normalized spacial score (nSPS) is 12.7. The van der Waals surface area contributed by atoms with Gasteiger partial charge in [-0.05, 0) is 23.9 Å². The van der Waals surface area contributed by atoms with Gasteiger partial charge in [-0.25, -0.2) is 0 Å². The fourth-order valence-corrected chi connectivity index (χ4v) is 3.99. The second kappa shape index (κ2) is 6.24. The zero-order chi connectivity index (χ0) is 14.6. The van der Waals surface area contributed by atoms with Crippen LogP contribution in [0, 0.1) is 5.41 Å². The highest BCUT2D eigenvalue weighted by molar-refractivity contribution is 7.75. The highest BCUT2D eigenvalue weighted by atomic mass is 31.1. The summed E-state index contributed by atoms with van der Waals surface area (Å²) in [6.45, 7) is 5.90. The van der Waals surface area contributed by atoms with E-state index in [1.54, 1.807) is 0 Å². The predicted octanol–water partition coefficient (Wildman–Crippen LogP) is 3.37. The van der Waals surface area contributed by atoms with Gasteiger partial charge in [0.15, 0.2) is 0 Å². The van der Waals surface area contributed by atoms with Gasteiger partial charge in [0.2, 0.25) is 0 Å². The average molecular weight is 283 g/mol. The van der Waals surface area contributed by atoms with Crippen LogP contribution in [-0.2, 0) is 0 Å². The van der Waals surface area contributed by atoms with Crippen molar-refractivity contribution in [3.63, 3.8) is 0 Å². The van der Waals surface area contributed by atoms with Crippen LogP contribution in [0.15, 0.2) is 72.2 Å². The van der Waals surface area contributed by atoms with Gasteiger partial charge in [-0.15, -0.1) is 5.76 Å². The fraction of sp³-hybridized carbons (Fsp3) is 0.222. The van der Waals surface area contributed by atoms with E-state index in [1.165, 1.54) is 10.6 Å². The summed E-state index contributed by atoms with van der Waals surface area (Å²) in [5.41, 5.74) is -0.329. The van der Waals surface area contributed by atoms with Gasteiger partial charge in [0.25, 0.3) is 0 Å². The third-order valence-electron chi connectivity index (χ3n) is 3.05. The van der Waals surface area contributed by atoms with Crippen LogP contribution in [0.3, 0.4) is 0 Å². The van der Waals surface area contributed by atoms with E-state index in [0.29, 0.717) is 0 Å². The molecule has 0 atom stereocenters. The Morgan fingerprint density at radius 2 is 1.25 bits per heavy atom. The molecule has 0 aliphatic carbocycles. The largest absolute Gasteiger partial charge is 0.875 e. The number of benzene rings is 2. The van der Waals surface area contributed by atoms with E-state index < -0.39 is 7.92 Å². The Hall–Kier alpha value is -1.59. The van der Waals surface area contributed by atoms with Crippen molar-refractivity contribution in [1.82, 2.24) is 0 Å². The van der Waals surface area contributed by atoms with Crippen LogP contribution in [-0.4, -0.2) is 0 Å². The van der Waals surface area contributed by atoms with Crippen molar-refractivity contribution < 1.29 is 5.11 Å². The number of hydrogen-bond donors (Lipinski definition) is 0. The van der Waals surface area contributed by atoms with Gasteiger partial charge >= 0.3 is 0 Å². The lowest BCUT2D eigenvalue weighted by atomic mass is 9.95. The summed E-state index contributed by atoms with van der Waals surface area (Å²) in [5.74, 6) is 2.12. The predicted molar refractivity (Wildman–Crippen MR) is 86.6 cm³/mol. The number of hydrogen-bond acceptors (Lipinski definition) is 1. The van der Waals surface area contributed by atoms with Crippen LogP contribution in [0.5, 0.6) is 0 Å². The third-order valence-corrected chi connectivity index (χ3v) is 5.26. The highest BCUT2D eigenvalue weighted by Gasteiger charge is 2.14. The summed E-state index contributed by atoms with van der Waals surface area (Å²) < 4.78 is 0. The first kappa shape index (κ1) is 14.8. The zero-order valence-corrected chi connectivity index (χ0v) is 13.1. The molecule has 0 saturated heterocycles. The summed E-state index contributed by atoms with van der Waals surface area (Å²) in [6, 6.07) is 20.5. The van der Waals surface area contributed by atoms with Gasteiger partial charge in [-0.1, -0.05) is 87.3 Å². The minimum Gasteiger partial charge on any atom is -0.875 e. The van der Waals surface area contributed by atoms with Gasteiger partial charge in [0.1, 0.15) is 0 Å². The van der Waals surface area contributed by atoms with Crippen molar-refractivity contribution in [2.45, 2.75) is 20.8 Å². The Labute approximate surface area is 122 Å². The number of rotatable bonds is 3. The summed E-state index contributed by atoms with van der Waals surface area (Å²) in [6.07, 6.45) is 0. The molecule has 104 valence electrons. The molecule has 20 heavy (non-hydrogen) atoms. The SMILES string of the molecule is CC(C)(C)/C([O-])=C/P(c1ccccc1)c1ccccc1. The molecule has 0 heterocycles. The van der Waals surface area contributed by atoms with Crippen LogP contribution in [0.4, 0.5) is 0 Å². The first-order valence-corrected chi connectivity index (χ1v) is 8.18. The standard InChI is InChI=1S/C18H21OP/c1-18(2,3)17(19)14-20(15-10-6-4-7-11-15)16-12-8-5-9-13-16/h4-14,19H,1-3H3/p-1/b17-14-. The van der Waals surface area contributed by atoms with E-state index >= 15 is 0 Å². The average Bonchev–Trinajstić information content (AvgIpc) is 2.45. The maximum absolute atomic E-state index is 12.4. The fourth-order valence-electron chi connectivity index (χ4n) is 1.79. The molecular weight excluding hydrogens is 263 g/mol. The topological polar surface area (TPSA) is 23.1 Å². The van der Waals surface area contributed by atoms with Gasteiger partial charge in [0.05, 0.1) is 0 Å². The maximum atomic E-state index is 12.4. The molecule has 0 saturated carbocycles. The van der Waals surface area contributed by atoms with Gasteiger partial charge in [-0.2, -0.15) is 0 Å². The van der Waals surface area contributed by atoms with E-state index in [0.717, 1.165) is 0 Å². The van der Waals surface area contributed by atoms with Crippen LogP contribution in [0.2, 0.25) is 0 Å². The molecule has 0 aliphatic rings. The van der Waals surface area contributed by atoms with Crippen LogP contribution < -0.4 is 15.7 Å². The molecule has 0 unspecified atom stereocenters. The minimum absolute atomic E-state index is 0.205. The summed E-state index contributed by atoms with van der Waals surface area (Å²) in [5, 5.41) is 14.8. The molecule has 2 rings (SSSR count). The van der Waals surface area contributed by atoms with Crippen molar-refractivity contribution in [3.05, 3.63) is 72.2 Å². The van der Waals surface area contributed by atoms with Crippen molar-refractivity contribution >= 4 is 18.5 Å². The summed E-state index contributed by atoms with van der Waals surface area (Å²) in [7, 11) is -0.729. The maximum Gasteiger partial charge on any atom is -0.0157 e. The molecule has 0 fully saturated rings. The Morgan fingerprint density at radius 3 is 1.60 bits per heavy atom. The van der Waals surface area contributed by atoms with Crippen LogP contribution in [0.25, 0.3) is 0 Å². The van der Waals surface area contributed by atoms with E-state index in [1.807, 2.05) is 63.0 Å². The van der Waals surface area contributed by atoms with E-state index in [4.69, 9.17) is 0 Å². The molecule has 0 bridgehead atoms. The Bertz CT molecular complexity index is 528. The van der Waals surface area contributed by atoms with Crippen molar-refractivity contribution in [2.24, 2.45) is 5.41 Å². The van der Waals surface area contributed by atoms with Gasteiger partial charge in [0, 0.05) is 0 Å². The molecule has 2 aromatic rings. The lowest BCUT2D eigenvalue weighted by Gasteiger charge is -2.30. The molecule has 0 radical (unpaired) electrons. The first-order valence-electron chi connectivity index (χ1n) is 6.77. The highest BCUT2D eigenvalue weighted by Crippen LogP contribution is 2.38. The number of allylic oxidation sites excluding steroid dienone is 1.